The van der Waals surface area contributed by atoms with Crippen LogP contribution in [0.15, 0.2) is 72.8 Å². The van der Waals surface area contributed by atoms with E-state index in [0.29, 0.717) is 23.9 Å². The molecule has 36 heavy (non-hydrogen) atoms. The van der Waals surface area contributed by atoms with Gasteiger partial charge in [0.1, 0.15) is 36.1 Å². The van der Waals surface area contributed by atoms with E-state index in [1.54, 1.807) is 24.3 Å². The molecule has 8 heteroatoms. The van der Waals surface area contributed by atoms with Crippen molar-refractivity contribution in [2.24, 2.45) is 5.92 Å². The number of carbonyl (C=O) groups is 2. The summed E-state index contributed by atoms with van der Waals surface area (Å²) in [5.41, 5.74) is 1.21. The summed E-state index contributed by atoms with van der Waals surface area (Å²) in [6.45, 7) is 4.10. The molecule has 0 unspecified atom stereocenters. The molecule has 3 aromatic rings. The monoisotopic (exact) mass is 496 g/mol. The van der Waals surface area contributed by atoms with Crippen molar-refractivity contribution in [3.63, 3.8) is 0 Å². The normalized spacial score (nSPS) is 12.6. The number of amides is 1. The van der Waals surface area contributed by atoms with Crippen LogP contribution in [-0.2, 0) is 20.9 Å². The predicted octanol–water partition coefficient (Wildman–Crippen LogP) is 5.40. The lowest BCUT2D eigenvalue weighted by atomic mass is 9.99. The third kappa shape index (κ3) is 7.36. The Bertz CT molecular complexity index is 1170. The van der Waals surface area contributed by atoms with E-state index in [4.69, 9.17) is 9.47 Å². The van der Waals surface area contributed by atoms with Crippen LogP contribution in [0.4, 0.5) is 14.5 Å². The highest BCUT2D eigenvalue weighted by Gasteiger charge is 2.31. The minimum absolute atomic E-state index is 0.0792. The Balaban J connectivity index is 1.88. The van der Waals surface area contributed by atoms with E-state index < -0.39 is 35.6 Å². The van der Waals surface area contributed by atoms with E-state index in [1.807, 2.05) is 44.2 Å². The molecular weight excluding hydrogens is 466 g/mol. The number of benzene rings is 3. The van der Waals surface area contributed by atoms with Crippen molar-refractivity contribution in [2.45, 2.75) is 39.0 Å². The lowest BCUT2D eigenvalue weighted by Gasteiger charge is -2.26. The molecule has 0 saturated heterocycles. The molecule has 190 valence electrons. The fraction of sp³-hybridized carbons (Fsp3) is 0.286. The Kier molecular flexibility index (Phi) is 9.53. The quantitative estimate of drug-likeness (QED) is 0.348. The highest BCUT2D eigenvalue weighted by molar-refractivity contribution is 5.97. The van der Waals surface area contributed by atoms with Crippen molar-refractivity contribution in [2.75, 3.05) is 12.4 Å². The fourth-order valence-electron chi connectivity index (χ4n) is 3.73. The van der Waals surface area contributed by atoms with Gasteiger partial charge in [-0.1, -0.05) is 62.4 Å². The molecule has 2 N–H and O–H groups in total. The van der Waals surface area contributed by atoms with Crippen LogP contribution in [0.1, 0.15) is 37.4 Å². The molecule has 3 aromatic carbocycles. The van der Waals surface area contributed by atoms with E-state index in [1.165, 1.54) is 13.2 Å². The molecule has 0 spiro atoms. The second-order valence-electron chi connectivity index (χ2n) is 8.73. The van der Waals surface area contributed by atoms with E-state index >= 15 is 0 Å². The van der Waals surface area contributed by atoms with Crippen LogP contribution in [0.2, 0.25) is 0 Å². The molecule has 3 rings (SSSR count). The standard InChI is InChI=1S/C28H30F2N2O4/c1-18(2)15-24(28(34)35-3)31-26(21-14-13-20(29)16-22(21)30)27(33)32-23-11-7-8-12-25(23)36-17-19-9-5-4-6-10-19/h4-14,16,18,24,26,31H,15,17H2,1-3H3,(H,32,33)/t24-,26+/m0/s1. The molecular formula is C28H30F2N2O4. The molecule has 0 radical (unpaired) electrons. The number of carbonyl (C=O) groups excluding carboxylic acids is 2. The first kappa shape index (κ1) is 26.8. The second kappa shape index (κ2) is 12.8. The van der Waals surface area contributed by atoms with E-state index in [-0.39, 0.29) is 18.1 Å². The Hall–Kier alpha value is -3.78. The molecule has 0 bridgehead atoms. The largest absolute Gasteiger partial charge is 0.487 e. The van der Waals surface area contributed by atoms with Crippen LogP contribution in [0.3, 0.4) is 0 Å². The first-order valence-electron chi connectivity index (χ1n) is 11.6. The third-order valence-electron chi connectivity index (χ3n) is 5.48. The smallest absolute Gasteiger partial charge is 0.322 e. The summed E-state index contributed by atoms with van der Waals surface area (Å²) in [6, 6.07) is 17.1. The number of rotatable bonds is 11. The molecule has 0 heterocycles. The maximum absolute atomic E-state index is 14.8. The Morgan fingerprint density at radius 3 is 2.31 bits per heavy atom. The number of ether oxygens (including phenoxy) is 2. The number of methoxy groups -OCH3 is 1. The molecule has 1 amide bonds. The van der Waals surface area contributed by atoms with Crippen molar-refractivity contribution in [3.8, 4) is 5.75 Å². The van der Waals surface area contributed by atoms with E-state index in [2.05, 4.69) is 10.6 Å². The maximum Gasteiger partial charge on any atom is 0.322 e. The van der Waals surface area contributed by atoms with Crippen LogP contribution in [0.5, 0.6) is 5.75 Å². The first-order chi connectivity index (χ1) is 17.3. The molecule has 0 aromatic heterocycles. The van der Waals surface area contributed by atoms with Gasteiger partial charge < -0.3 is 14.8 Å². The van der Waals surface area contributed by atoms with Gasteiger partial charge >= 0.3 is 5.97 Å². The van der Waals surface area contributed by atoms with Crippen LogP contribution in [0.25, 0.3) is 0 Å². The lowest BCUT2D eigenvalue weighted by molar-refractivity contribution is -0.144. The van der Waals surface area contributed by atoms with Gasteiger partial charge in [0.15, 0.2) is 0 Å². The predicted molar refractivity (Wildman–Crippen MR) is 133 cm³/mol. The number of para-hydroxylation sites is 2. The highest BCUT2D eigenvalue weighted by atomic mass is 19.1. The first-order valence-corrected chi connectivity index (χ1v) is 11.6. The lowest BCUT2D eigenvalue weighted by Crippen LogP contribution is -2.45. The van der Waals surface area contributed by atoms with Crippen molar-refractivity contribution >= 4 is 17.6 Å². The number of hydrogen-bond donors (Lipinski definition) is 2. The maximum atomic E-state index is 14.8. The van der Waals surface area contributed by atoms with Gasteiger partial charge in [-0.15, -0.1) is 0 Å². The molecule has 0 aliphatic rings. The number of nitrogens with one attached hydrogen (secondary N) is 2. The van der Waals surface area contributed by atoms with Gasteiger partial charge in [0, 0.05) is 11.6 Å². The summed E-state index contributed by atoms with van der Waals surface area (Å²) < 4.78 is 39.2. The zero-order valence-corrected chi connectivity index (χ0v) is 20.5. The van der Waals surface area contributed by atoms with Gasteiger partial charge in [-0.3, -0.25) is 14.9 Å². The number of hydrogen-bond acceptors (Lipinski definition) is 5. The Morgan fingerprint density at radius 2 is 1.64 bits per heavy atom. The molecule has 0 aliphatic carbocycles. The SMILES string of the molecule is COC(=O)[C@H](CC(C)C)N[C@@H](C(=O)Nc1ccccc1OCc1ccccc1)c1ccc(F)cc1F. The highest BCUT2D eigenvalue weighted by Crippen LogP contribution is 2.28. The molecule has 0 aliphatic heterocycles. The van der Waals surface area contributed by atoms with Crippen molar-refractivity contribution in [1.29, 1.82) is 0 Å². The van der Waals surface area contributed by atoms with Crippen molar-refractivity contribution < 1.29 is 27.8 Å². The van der Waals surface area contributed by atoms with E-state index in [0.717, 1.165) is 11.6 Å². The van der Waals surface area contributed by atoms with Gasteiger partial charge in [0.05, 0.1) is 12.8 Å². The minimum atomic E-state index is -1.31. The summed E-state index contributed by atoms with van der Waals surface area (Å²) in [5, 5.41) is 5.68. The molecule has 0 fully saturated rings. The summed E-state index contributed by atoms with van der Waals surface area (Å²) >= 11 is 0. The van der Waals surface area contributed by atoms with Gasteiger partial charge in [-0.05, 0) is 36.1 Å². The van der Waals surface area contributed by atoms with Crippen LogP contribution in [0, 0.1) is 17.6 Å². The summed E-state index contributed by atoms with van der Waals surface area (Å²) in [4.78, 5) is 25.9. The average molecular weight is 497 g/mol. The summed E-state index contributed by atoms with van der Waals surface area (Å²) in [7, 11) is 1.24. The minimum Gasteiger partial charge on any atom is -0.487 e. The van der Waals surface area contributed by atoms with Gasteiger partial charge in [-0.25, -0.2) is 8.78 Å². The summed E-state index contributed by atoms with van der Waals surface area (Å²) in [5.74, 6) is -2.43. The Morgan fingerprint density at radius 1 is 0.944 bits per heavy atom. The van der Waals surface area contributed by atoms with Gasteiger partial charge in [0.2, 0.25) is 5.91 Å². The molecule has 0 saturated carbocycles. The second-order valence-corrected chi connectivity index (χ2v) is 8.73. The van der Waals surface area contributed by atoms with Gasteiger partial charge in [0.25, 0.3) is 0 Å². The van der Waals surface area contributed by atoms with Crippen LogP contribution >= 0.6 is 0 Å². The van der Waals surface area contributed by atoms with Crippen LogP contribution in [-0.4, -0.2) is 25.0 Å². The average Bonchev–Trinajstić information content (AvgIpc) is 2.86. The molecule has 2 atom stereocenters. The number of halogens is 2. The Labute approximate surface area is 209 Å². The third-order valence-corrected chi connectivity index (χ3v) is 5.48. The van der Waals surface area contributed by atoms with Crippen LogP contribution < -0.4 is 15.4 Å². The fourth-order valence-corrected chi connectivity index (χ4v) is 3.73. The van der Waals surface area contributed by atoms with E-state index in [9.17, 15) is 18.4 Å². The zero-order valence-electron chi connectivity index (χ0n) is 20.5. The molecule has 6 nitrogen and oxygen atoms in total. The number of anilines is 1. The van der Waals surface area contributed by atoms with Crippen molar-refractivity contribution in [1.82, 2.24) is 5.32 Å². The zero-order chi connectivity index (χ0) is 26.1. The van der Waals surface area contributed by atoms with Gasteiger partial charge in [-0.2, -0.15) is 0 Å². The van der Waals surface area contributed by atoms with Crippen molar-refractivity contribution in [3.05, 3.63) is 95.6 Å². The summed E-state index contributed by atoms with van der Waals surface area (Å²) in [6.07, 6.45) is 0.343. The topological polar surface area (TPSA) is 76.7 Å². The number of esters is 1.